The number of morpholine rings is 1. The summed E-state index contributed by atoms with van der Waals surface area (Å²) in [5, 5.41) is 3.40. The fraction of sp³-hybridized carbons (Fsp3) is 0.588. The van der Waals surface area contributed by atoms with Crippen molar-refractivity contribution >= 4 is 11.6 Å². The maximum atomic E-state index is 12.9. The predicted molar refractivity (Wildman–Crippen MR) is 81.7 cm³/mol. The molecule has 4 nitrogen and oxygen atoms in total. The van der Waals surface area contributed by atoms with Crippen molar-refractivity contribution in [2.75, 3.05) is 25.0 Å². The highest BCUT2D eigenvalue weighted by Crippen LogP contribution is 2.31. The molecule has 2 heterocycles. The highest BCUT2D eigenvalue weighted by Gasteiger charge is 2.38. The van der Waals surface area contributed by atoms with Crippen molar-refractivity contribution in [3.63, 3.8) is 0 Å². The molecule has 1 aromatic rings. The van der Waals surface area contributed by atoms with Crippen LogP contribution in [0.2, 0.25) is 0 Å². The molecule has 0 aromatic heterocycles. The van der Waals surface area contributed by atoms with Gasteiger partial charge in [0.15, 0.2) is 0 Å². The van der Waals surface area contributed by atoms with Gasteiger partial charge in [-0.3, -0.25) is 4.79 Å². The third-order valence-corrected chi connectivity index (χ3v) is 5.03. The average molecular weight is 286 g/mol. The van der Waals surface area contributed by atoms with Crippen LogP contribution in [0.25, 0.3) is 0 Å². The van der Waals surface area contributed by atoms with Gasteiger partial charge in [-0.05, 0) is 55.9 Å². The topological polar surface area (TPSA) is 41.6 Å². The molecule has 112 valence electrons. The maximum Gasteiger partial charge on any atom is 0.254 e. The summed E-state index contributed by atoms with van der Waals surface area (Å²) in [5.74, 6) is 0.184. The number of amides is 1. The van der Waals surface area contributed by atoms with E-state index in [1.807, 2.05) is 6.07 Å². The molecule has 0 radical (unpaired) electrons. The van der Waals surface area contributed by atoms with E-state index < -0.39 is 0 Å². The first kappa shape index (κ1) is 13.1. The van der Waals surface area contributed by atoms with Gasteiger partial charge in [0.2, 0.25) is 0 Å². The summed E-state index contributed by atoms with van der Waals surface area (Å²) in [6, 6.07) is 6.41. The van der Waals surface area contributed by atoms with E-state index in [4.69, 9.17) is 4.74 Å². The Bertz CT molecular complexity index is 558. The van der Waals surface area contributed by atoms with Gasteiger partial charge in [0, 0.05) is 24.3 Å². The van der Waals surface area contributed by atoms with E-state index >= 15 is 0 Å². The van der Waals surface area contributed by atoms with Gasteiger partial charge in [-0.1, -0.05) is 0 Å². The molecule has 1 N–H and O–H groups in total. The highest BCUT2D eigenvalue weighted by atomic mass is 16.5. The van der Waals surface area contributed by atoms with Crippen molar-refractivity contribution in [1.29, 1.82) is 0 Å². The number of hydrogen-bond acceptors (Lipinski definition) is 3. The number of nitrogens with one attached hydrogen (secondary N) is 1. The fourth-order valence-electron chi connectivity index (χ4n) is 3.95. The Morgan fingerprint density at radius 3 is 3.19 bits per heavy atom. The van der Waals surface area contributed by atoms with Crippen LogP contribution in [0.5, 0.6) is 0 Å². The molecule has 1 amide bonds. The Balaban J connectivity index is 1.59. The lowest BCUT2D eigenvalue weighted by Crippen LogP contribution is -2.51. The number of nitrogens with zero attached hydrogens (tertiary/aromatic N) is 1. The number of carbonyl (C=O) groups excluding carboxylic acids is 1. The second kappa shape index (κ2) is 5.34. The molecular weight excluding hydrogens is 264 g/mol. The number of anilines is 1. The molecule has 0 bridgehead atoms. The molecule has 2 unspecified atom stereocenters. The molecule has 0 spiro atoms. The maximum absolute atomic E-state index is 12.9. The normalized spacial score (nSPS) is 27.7. The van der Waals surface area contributed by atoms with Crippen molar-refractivity contribution < 1.29 is 9.53 Å². The Kier molecular flexibility index (Phi) is 3.34. The van der Waals surface area contributed by atoms with Crippen molar-refractivity contribution in [2.45, 2.75) is 44.2 Å². The van der Waals surface area contributed by atoms with Gasteiger partial charge in [0.25, 0.3) is 5.91 Å². The molecule has 1 saturated heterocycles. The first-order valence-corrected chi connectivity index (χ1v) is 8.12. The summed E-state index contributed by atoms with van der Waals surface area (Å²) in [6.07, 6.45) is 5.84. The zero-order chi connectivity index (χ0) is 14.2. The van der Waals surface area contributed by atoms with Gasteiger partial charge >= 0.3 is 0 Å². The quantitative estimate of drug-likeness (QED) is 0.862. The van der Waals surface area contributed by atoms with Gasteiger partial charge in [-0.25, -0.2) is 0 Å². The summed E-state index contributed by atoms with van der Waals surface area (Å²) in [5.41, 5.74) is 3.31. The van der Waals surface area contributed by atoms with E-state index in [1.54, 1.807) is 0 Å². The van der Waals surface area contributed by atoms with Crippen LogP contribution >= 0.6 is 0 Å². The molecule has 1 aliphatic carbocycles. The molecule has 2 aliphatic heterocycles. The summed E-state index contributed by atoms with van der Waals surface area (Å²) in [6.45, 7) is 2.45. The first-order chi connectivity index (χ1) is 10.3. The van der Waals surface area contributed by atoms with Crippen molar-refractivity contribution in [3.05, 3.63) is 29.3 Å². The first-order valence-electron chi connectivity index (χ1n) is 8.12. The Hall–Kier alpha value is -1.55. The number of hydrogen-bond donors (Lipinski definition) is 1. The summed E-state index contributed by atoms with van der Waals surface area (Å²) < 4.78 is 5.80. The van der Waals surface area contributed by atoms with Crippen LogP contribution in [0, 0.1) is 0 Å². The van der Waals surface area contributed by atoms with Gasteiger partial charge in [-0.2, -0.15) is 0 Å². The van der Waals surface area contributed by atoms with Crippen molar-refractivity contribution in [2.24, 2.45) is 0 Å². The number of benzene rings is 1. The zero-order valence-corrected chi connectivity index (χ0v) is 12.3. The van der Waals surface area contributed by atoms with E-state index in [1.165, 1.54) is 17.7 Å². The molecule has 3 aliphatic rings. The highest BCUT2D eigenvalue weighted by molar-refractivity contribution is 5.95. The van der Waals surface area contributed by atoms with Crippen molar-refractivity contribution in [3.8, 4) is 0 Å². The van der Waals surface area contributed by atoms with Crippen LogP contribution in [0.4, 0.5) is 5.69 Å². The number of carbonyl (C=O) groups is 1. The van der Waals surface area contributed by atoms with E-state index in [2.05, 4.69) is 22.3 Å². The lowest BCUT2D eigenvalue weighted by Gasteiger charge is -2.37. The zero-order valence-electron chi connectivity index (χ0n) is 12.3. The molecule has 1 saturated carbocycles. The van der Waals surface area contributed by atoms with Gasteiger partial charge < -0.3 is 15.0 Å². The monoisotopic (exact) mass is 286 g/mol. The number of fused-ring (bicyclic) bond motifs is 2. The average Bonchev–Trinajstić information content (AvgIpc) is 3.02. The summed E-state index contributed by atoms with van der Waals surface area (Å²) >= 11 is 0. The molecule has 2 fully saturated rings. The van der Waals surface area contributed by atoms with Crippen LogP contribution in [-0.4, -0.2) is 42.6 Å². The van der Waals surface area contributed by atoms with Crippen LogP contribution in [0.15, 0.2) is 18.2 Å². The summed E-state index contributed by atoms with van der Waals surface area (Å²) in [7, 11) is 0. The molecule has 21 heavy (non-hydrogen) atoms. The standard InChI is InChI=1S/C17H22N2O2/c20-17(19-9-10-21-16-5-1-4-15(16)19)13-6-7-14-12(11-13)3-2-8-18-14/h6-7,11,15-16,18H,1-5,8-10H2. The lowest BCUT2D eigenvalue weighted by atomic mass is 9.99. The SMILES string of the molecule is O=C(c1ccc2c(c1)CCCN2)N1CCOC2CCCC21. The largest absolute Gasteiger partial charge is 0.385 e. The minimum Gasteiger partial charge on any atom is -0.385 e. The minimum atomic E-state index is 0.184. The Morgan fingerprint density at radius 2 is 2.24 bits per heavy atom. The second-order valence-corrected chi connectivity index (χ2v) is 6.31. The summed E-state index contributed by atoms with van der Waals surface area (Å²) in [4.78, 5) is 14.9. The van der Waals surface area contributed by atoms with Crippen LogP contribution in [0.3, 0.4) is 0 Å². The Labute approximate surface area is 125 Å². The van der Waals surface area contributed by atoms with E-state index in [0.29, 0.717) is 12.6 Å². The number of aryl methyl sites for hydroxylation is 1. The number of ether oxygens (including phenoxy) is 1. The fourth-order valence-corrected chi connectivity index (χ4v) is 3.95. The van der Waals surface area contributed by atoms with E-state index in [0.717, 1.165) is 44.3 Å². The van der Waals surface area contributed by atoms with Gasteiger partial charge in [-0.15, -0.1) is 0 Å². The van der Waals surface area contributed by atoms with Gasteiger partial charge in [0.05, 0.1) is 18.8 Å². The molecule has 1 aromatic carbocycles. The van der Waals surface area contributed by atoms with E-state index in [-0.39, 0.29) is 12.0 Å². The predicted octanol–water partition coefficient (Wildman–Crippen LogP) is 2.44. The van der Waals surface area contributed by atoms with E-state index in [9.17, 15) is 4.79 Å². The molecule has 2 atom stereocenters. The third kappa shape index (κ3) is 2.31. The number of rotatable bonds is 1. The molecule has 4 rings (SSSR count). The van der Waals surface area contributed by atoms with Crippen LogP contribution in [0.1, 0.15) is 41.6 Å². The molecule has 4 heteroatoms. The smallest absolute Gasteiger partial charge is 0.254 e. The van der Waals surface area contributed by atoms with Gasteiger partial charge in [0.1, 0.15) is 0 Å². The third-order valence-electron chi connectivity index (χ3n) is 5.03. The Morgan fingerprint density at radius 1 is 1.29 bits per heavy atom. The second-order valence-electron chi connectivity index (χ2n) is 6.31. The van der Waals surface area contributed by atoms with Crippen molar-refractivity contribution in [1.82, 2.24) is 4.90 Å². The minimum absolute atomic E-state index is 0.184. The van der Waals surface area contributed by atoms with Crippen LogP contribution in [-0.2, 0) is 11.2 Å². The van der Waals surface area contributed by atoms with Crippen LogP contribution < -0.4 is 5.32 Å². The lowest BCUT2D eigenvalue weighted by molar-refractivity contribution is -0.0445. The molecular formula is C17H22N2O2.